The molecule has 6 nitrogen and oxygen atoms in total. The molecule has 0 atom stereocenters. The molecule has 0 radical (unpaired) electrons. The highest BCUT2D eigenvalue weighted by Crippen LogP contribution is 2.32. The number of imidazole rings is 1. The van der Waals surface area contributed by atoms with Crippen LogP contribution >= 0.6 is 23.1 Å². The fourth-order valence-corrected chi connectivity index (χ4v) is 4.78. The number of aromatic nitrogens is 3. The summed E-state index contributed by atoms with van der Waals surface area (Å²) in [7, 11) is 1.83. The van der Waals surface area contributed by atoms with E-state index in [4.69, 9.17) is 4.98 Å². The molecule has 4 rings (SSSR count). The Kier molecular flexibility index (Phi) is 4.86. The van der Waals surface area contributed by atoms with Crippen molar-refractivity contribution in [3.63, 3.8) is 0 Å². The molecule has 1 aliphatic rings. The lowest BCUT2D eigenvalue weighted by Crippen LogP contribution is -2.45. The molecule has 8 heteroatoms. The molecule has 1 aliphatic heterocycles. The van der Waals surface area contributed by atoms with Crippen LogP contribution in [0.4, 0.5) is 5.13 Å². The van der Waals surface area contributed by atoms with E-state index in [0.717, 1.165) is 36.6 Å². The fraction of sp³-hybridized carbons (Fsp3) is 0.389. The summed E-state index contributed by atoms with van der Waals surface area (Å²) in [6.45, 7) is 1.82. The summed E-state index contributed by atoms with van der Waals surface area (Å²) in [5.41, 5.74) is 1.66. The van der Waals surface area contributed by atoms with Gasteiger partial charge in [0.05, 0.1) is 22.7 Å². The first-order valence-corrected chi connectivity index (χ1v) is 10.6. The average molecular weight is 388 g/mol. The average Bonchev–Trinajstić information content (AvgIpc) is 3.27. The highest BCUT2D eigenvalue weighted by molar-refractivity contribution is 7.98. The molecule has 0 unspecified atom stereocenters. The van der Waals surface area contributed by atoms with E-state index in [1.54, 1.807) is 40.2 Å². The Morgan fingerprint density at radius 3 is 2.85 bits per heavy atom. The molecule has 1 aromatic carbocycles. The Morgan fingerprint density at radius 1 is 1.35 bits per heavy atom. The van der Waals surface area contributed by atoms with Gasteiger partial charge < -0.3 is 14.8 Å². The van der Waals surface area contributed by atoms with Crippen molar-refractivity contribution in [2.45, 2.75) is 23.8 Å². The summed E-state index contributed by atoms with van der Waals surface area (Å²) in [6, 6.07) is 6.63. The highest BCUT2D eigenvalue weighted by atomic mass is 32.2. The number of thioether (sulfide) groups is 1. The van der Waals surface area contributed by atoms with Crippen molar-refractivity contribution >= 4 is 44.4 Å². The molecule has 3 aromatic rings. The van der Waals surface area contributed by atoms with E-state index in [-0.39, 0.29) is 11.9 Å². The minimum absolute atomic E-state index is 0.0481. The number of carbonyl (C=O) groups is 1. The molecule has 1 N–H and O–H groups in total. The van der Waals surface area contributed by atoms with Gasteiger partial charge in [-0.25, -0.2) is 9.97 Å². The maximum absolute atomic E-state index is 12.3. The number of nitrogens with zero attached hydrogens (tertiary/aromatic N) is 4. The molecule has 0 spiro atoms. The molecule has 0 bridgehead atoms. The summed E-state index contributed by atoms with van der Waals surface area (Å²) < 4.78 is 2.98. The van der Waals surface area contributed by atoms with E-state index in [0.29, 0.717) is 5.69 Å². The first kappa shape index (κ1) is 17.4. The van der Waals surface area contributed by atoms with Crippen molar-refractivity contribution in [3.8, 4) is 0 Å². The minimum Gasteiger partial charge on any atom is -0.348 e. The van der Waals surface area contributed by atoms with Crippen LogP contribution in [0.25, 0.3) is 10.2 Å². The molecule has 26 heavy (non-hydrogen) atoms. The largest absolute Gasteiger partial charge is 0.348 e. The first-order chi connectivity index (χ1) is 12.6. The van der Waals surface area contributed by atoms with Crippen LogP contribution in [0.5, 0.6) is 0 Å². The lowest BCUT2D eigenvalue weighted by molar-refractivity contribution is 0.0923. The standard InChI is InChI=1S/C18H21N5OS2/c1-22-11-19-10-15(22)17(24)20-12-5-7-23(8-6-12)18-21-14-4-3-13(25-2)9-16(14)26-18/h3-4,9-12H,5-8H2,1-2H3,(H,20,24). The summed E-state index contributed by atoms with van der Waals surface area (Å²) >= 11 is 3.50. The van der Waals surface area contributed by atoms with Crippen LogP contribution in [0.3, 0.4) is 0 Å². The molecular weight excluding hydrogens is 366 g/mol. The van der Waals surface area contributed by atoms with E-state index < -0.39 is 0 Å². The lowest BCUT2D eigenvalue weighted by Gasteiger charge is -2.32. The number of amides is 1. The van der Waals surface area contributed by atoms with Crippen molar-refractivity contribution in [2.75, 3.05) is 24.2 Å². The Bertz CT molecular complexity index is 927. The van der Waals surface area contributed by atoms with Gasteiger partial charge in [0.1, 0.15) is 5.69 Å². The van der Waals surface area contributed by atoms with E-state index in [1.165, 1.54) is 9.60 Å². The summed E-state index contributed by atoms with van der Waals surface area (Å²) in [6.07, 6.45) is 7.19. The van der Waals surface area contributed by atoms with Gasteiger partial charge in [0.2, 0.25) is 0 Å². The van der Waals surface area contributed by atoms with Crippen molar-refractivity contribution in [1.29, 1.82) is 0 Å². The van der Waals surface area contributed by atoms with Crippen LogP contribution in [0.15, 0.2) is 35.6 Å². The molecule has 1 fully saturated rings. The molecule has 0 aliphatic carbocycles. The number of thiazole rings is 1. The monoisotopic (exact) mass is 387 g/mol. The van der Waals surface area contributed by atoms with E-state index in [9.17, 15) is 4.79 Å². The predicted molar refractivity (Wildman–Crippen MR) is 107 cm³/mol. The van der Waals surface area contributed by atoms with Crippen molar-refractivity contribution in [3.05, 3.63) is 36.4 Å². The number of anilines is 1. The smallest absolute Gasteiger partial charge is 0.269 e. The zero-order chi connectivity index (χ0) is 18.1. The van der Waals surface area contributed by atoms with Gasteiger partial charge in [-0.1, -0.05) is 11.3 Å². The highest BCUT2D eigenvalue weighted by Gasteiger charge is 2.24. The molecule has 2 aromatic heterocycles. The van der Waals surface area contributed by atoms with E-state index in [1.807, 2.05) is 7.05 Å². The van der Waals surface area contributed by atoms with Crippen molar-refractivity contribution in [2.24, 2.45) is 7.05 Å². The van der Waals surface area contributed by atoms with E-state index >= 15 is 0 Å². The van der Waals surface area contributed by atoms with Crippen LogP contribution in [-0.4, -0.2) is 45.8 Å². The summed E-state index contributed by atoms with van der Waals surface area (Å²) in [5.74, 6) is -0.0481. The maximum atomic E-state index is 12.3. The Hall–Kier alpha value is -2.06. The fourth-order valence-electron chi connectivity index (χ4n) is 3.21. The number of aryl methyl sites for hydroxylation is 1. The van der Waals surface area contributed by atoms with Crippen LogP contribution in [0.1, 0.15) is 23.3 Å². The third kappa shape index (κ3) is 3.43. The molecule has 136 valence electrons. The summed E-state index contributed by atoms with van der Waals surface area (Å²) in [4.78, 5) is 24.7. The van der Waals surface area contributed by atoms with Crippen molar-refractivity contribution in [1.82, 2.24) is 19.9 Å². The number of carbonyl (C=O) groups excluding carboxylic acids is 1. The van der Waals surface area contributed by atoms with Crippen LogP contribution in [0.2, 0.25) is 0 Å². The Morgan fingerprint density at radius 2 is 2.15 bits per heavy atom. The number of hydrogen-bond acceptors (Lipinski definition) is 6. The zero-order valence-corrected chi connectivity index (χ0v) is 16.4. The van der Waals surface area contributed by atoms with Gasteiger partial charge in [-0.15, -0.1) is 11.8 Å². The molecule has 1 saturated heterocycles. The van der Waals surface area contributed by atoms with Crippen LogP contribution < -0.4 is 10.2 Å². The second-order valence-corrected chi connectivity index (χ2v) is 8.34. The quantitative estimate of drug-likeness (QED) is 0.697. The van der Waals surface area contributed by atoms with Gasteiger partial charge >= 0.3 is 0 Å². The van der Waals surface area contributed by atoms with Gasteiger partial charge in [-0.3, -0.25) is 4.79 Å². The van der Waals surface area contributed by atoms with Gasteiger partial charge in [0.25, 0.3) is 5.91 Å². The van der Waals surface area contributed by atoms with Gasteiger partial charge in [0.15, 0.2) is 5.13 Å². The second kappa shape index (κ2) is 7.28. The number of nitrogens with one attached hydrogen (secondary N) is 1. The number of rotatable bonds is 4. The molecule has 3 heterocycles. The number of fused-ring (bicyclic) bond motifs is 1. The molecule has 1 amide bonds. The lowest BCUT2D eigenvalue weighted by atomic mass is 10.1. The first-order valence-electron chi connectivity index (χ1n) is 8.61. The second-order valence-electron chi connectivity index (χ2n) is 6.45. The van der Waals surface area contributed by atoms with Gasteiger partial charge in [0, 0.05) is 31.1 Å². The third-order valence-electron chi connectivity index (χ3n) is 4.73. The maximum Gasteiger partial charge on any atom is 0.269 e. The Balaban J connectivity index is 1.39. The van der Waals surface area contributed by atoms with E-state index in [2.05, 4.69) is 39.7 Å². The Labute approximate surface area is 160 Å². The third-order valence-corrected chi connectivity index (χ3v) is 6.54. The van der Waals surface area contributed by atoms with Crippen LogP contribution in [-0.2, 0) is 7.05 Å². The number of benzene rings is 1. The SMILES string of the molecule is CSc1ccc2nc(N3CCC(NC(=O)c4cncn4C)CC3)sc2c1. The number of piperidine rings is 1. The van der Waals surface area contributed by atoms with Crippen molar-refractivity contribution < 1.29 is 4.79 Å². The van der Waals surface area contributed by atoms with Gasteiger partial charge in [-0.05, 0) is 37.3 Å². The van der Waals surface area contributed by atoms with Crippen LogP contribution in [0, 0.1) is 0 Å². The normalized spacial score (nSPS) is 15.5. The predicted octanol–water partition coefficient (Wildman–Crippen LogP) is 3.15. The molecular formula is C18H21N5OS2. The molecule has 0 saturated carbocycles. The number of hydrogen-bond donors (Lipinski definition) is 1. The van der Waals surface area contributed by atoms with Gasteiger partial charge in [-0.2, -0.15) is 0 Å². The zero-order valence-electron chi connectivity index (χ0n) is 14.8. The topological polar surface area (TPSA) is 63.1 Å². The summed E-state index contributed by atoms with van der Waals surface area (Å²) in [5, 5.41) is 4.21. The minimum atomic E-state index is -0.0481.